The molecule has 2 aromatic rings. The summed E-state index contributed by atoms with van der Waals surface area (Å²) in [6, 6.07) is 8.44. The molecule has 0 aliphatic rings. The first kappa shape index (κ1) is 11.3. The lowest BCUT2D eigenvalue weighted by atomic mass is 10.0. The van der Waals surface area contributed by atoms with Gasteiger partial charge in [0.05, 0.1) is 6.10 Å². The van der Waals surface area contributed by atoms with E-state index in [2.05, 4.69) is 0 Å². The van der Waals surface area contributed by atoms with E-state index >= 15 is 0 Å². The maximum atomic E-state index is 13.1. The lowest BCUT2D eigenvalue weighted by Gasteiger charge is -2.12. The summed E-state index contributed by atoms with van der Waals surface area (Å²) < 4.78 is 13.1. The number of benzene rings is 1. The fourth-order valence-electron chi connectivity index (χ4n) is 1.70. The van der Waals surface area contributed by atoms with Gasteiger partial charge in [0.2, 0.25) is 0 Å². The molecule has 1 nitrogen and oxygen atoms in total. The van der Waals surface area contributed by atoms with Gasteiger partial charge in [0.1, 0.15) is 5.82 Å². The van der Waals surface area contributed by atoms with E-state index in [4.69, 9.17) is 0 Å². The third-order valence-corrected chi connectivity index (χ3v) is 3.47. The number of aliphatic hydroxyl groups is 1. The number of hydrogen-bond donors (Lipinski definition) is 1. The summed E-state index contributed by atoms with van der Waals surface area (Å²) in [5.41, 5.74) is 1.60. The van der Waals surface area contributed by atoms with Crippen LogP contribution in [0.3, 0.4) is 0 Å². The van der Waals surface area contributed by atoms with E-state index in [1.54, 1.807) is 17.4 Å². The smallest absolute Gasteiger partial charge is 0.123 e. The zero-order valence-electron chi connectivity index (χ0n) is 8.98. The van der Waals surface area contributed by atoms with Crippen molar-refractivity contribution in [3.63, 3.8) is 0 Å². The van der Waals surface area contributed by atoms with Gasteiger partial charge in [0, 0.05) is 11.3 Å². The quantitative estimate of drug-likeness (QED) is 0.865. The molecule has 1 aromatic heterocycles. The van der Waals surface area contributed by atoms with Crippen molar-refractivity contribution >= 4 is 11.3 Å². The number of halogens is 1. The molecule has 0 aliphatic carbocycles. The van der Waals surface area contributed by atoms with E-state index in [0.717, 1.165) is 10.4 Å². The van der Waals surface area contributed by atoms with Crippen molar-refractivity contribution < 1.29 is 9.50 Å². The van der Waals surface area contributed by atoms with Crippen LogP contribution in [0.5, 0.6) is 0 Å². The van der Waals surface area contributed by atoms with Crippen molar-refractivity contribution in [2.75, 3.05) is 0 Å². The summed E-state index contributed by atoms with van der Waals surface area (Å²) in [6.07, 6.45) is -0.0866. The highest BCUT2D eigenvalue weighted by Crippen LogP contribution is 2.24. The van der Waals surface area contributed by atoms with Gasteiger partial charge in [-0.25, -0.2) is 4.39 Å². The average molecular weight is 236 g/mol. The molecule has 0 saturated carbocycles. The highest BCUT2D eigenvalue weighted by Gasteiger charge is 2.12. The number of aryl methyl sites for hydroxylation is 1. The number of aliphatic hydroxyl groups excluding tert-OH is 1. The third-order valence-electron chi connectivity index (χ3n) is 2.57. The van der Waals surface area contributed by atoms with Crippen molar-refractivity contribution in [3.05, 3.63) is 57.5 Å². The van der Waals surface area contributed by atoms with Crippen LogP contribution >= 0.6 is 11.3 Å². The third kappa shape index (κ3) is 2.49. The van der Waals surface area contributed by atoms with Crippen LogP contribution in [0.2, 0.25) is 0 Å². The van der Waals surface area contributed by atoms with Gasteiger partial charge >= 0.3 is 0 Å². The SMILES string of the molecule is Cc1ccc(F)cc1C(O)Cc1cccs1. The van der Waals surface area contributed by atoms with Crippen molar-refractivity contribution in [1.29, 1.82) is 0 Å². The maximum absolute atomic E-state index is 13.1. The molecular weight excluding hydrogens is 223 g/mol. The van der Waals surface area contributed by atoms with Crippen molar-refractivity contribution in [2.24, 2.45) is 0 Å². The monoisotopic (exact) mass is 236 g/mol. The van der Waals surface area contributed by atoms with Gasteiger partial charge in [0.25, 0.3) is 0 Å². The van der Waals surface area contributed by atoms with Crippen molar-refractivity contribution in [1.82, 2.24) is 0 Å². The van der Waals surface area contributed by atoms with Crippen LogP contribution in [0.25, 0.3) is 0 Å². The Labute approximate surface area is 98.2 Å². The Morgan fingerprint density at radius 1 is 1.38 bits per heavy atom. The molecule has 1 heterocycles. The maximum Gasteiger partial charge on any atom is 0.123 e. The molecule has 0 spiro atoms. The zero-order valence-corrected chi connectivity index (χ0v) is 9.80. The average Bonchev–Trinajstić information content (AvgIpc) is 2.74. The summed E-state index contributed by atoms with van der Waals surface area (Å²) in [5.74, 6) is -0.300. The molecular formula is C13H13FOS. The Morgan fingerprint density at radius 2 is 2.19 bits per heavy atom. The molecule has 84 valence electrons. The van der Waals surface area contributed by atoms with E-state index in [1.165, 1.54) is 12.1 Å². The molecule has 0 radical (unpaired) electrons. The van der Waals surface area contributed by atoms with Gasteiger partial charge in [-0.3, -0.25) is 0 Å². The highest BCUT2D eigenvalue weighted by atomic mass is 32.1. The molecule has 0 saturated heterocycles. The second-order valence-electron chi connectivity index (χ2n) is 3.80. The van der Waals surface area contributed by atoms with E-state index in [-0.39, 0.29) is 5.82 Å². The molecule has 3 heteroatoms. The van der Waals surface area contributed by atoms with Crippen LogP contribution < -0.4 is 0 Å². The molecule has 0 aliphatic heterocycles. The van der Waals surface area contributed by atoms with Crippen LogP contribution in [-0.2, 0) is 6.42 Å². The summed E-state index contributed by atoms with van der Waals surface area (Å²) >= 11 is 1.60. The van der Waals surface area contributed by atoms with E-state index in [1.807, 2.05) is 24.4 Å². The van der Waals surface area contributed by atoms with Crippen LogP contribution in [0, 0.1) is 12.7 Å². The molecule has 2 rings (SSSR count). The van der Waals surface area contributed by atoms with Gasteiger partial charge in [-0.2, -0.15) is 0 Å². The predicted molar refractivity (Wildman–Crippen MR) is 64.1 cm³/mol. The van der Waals surface area contributed by atoms with Gasteiger partial charge in [-0.15, -0.1) is 11.3 Å². The van der Waals surface area contributed by atoms with Gasteiger partial charge in [0.15, 0.2) is 0 Å². The minimum atomic E-state index is -0.630. The summed E-state index contributed by atoms with van der Waals surface area (Å²) in [4.78, 5) is 1.11. The standard InChI is InChI=1S/C13H13FOS/c1-9-4-5-10(14)7-12(9)13(15)8-11-3-2-6-16-11/h2-7,13,15H,8H2,1H3. The van der Waals surface area contributed by atoms with Crippen LogP contribution in [0.1, 0.15) is 22.1 Å². The number of hydrogen-bond acceptors (Lipinski definition) is 2. The number of thiophene rings is 1. The first-order chi connectivity index (χ1) is 7.66. The Kier molecular flexibility index (Phi) is 3.36. The normalized spacial score (nSPS) is 12.7. The summed E-state index contributed by atoms with van der Waals surface area (Å²) in [7, 11) is 0. The molecule has 1 unspecified atom stereocenters. The first-order valence-corrected chi connectivity index (χ1v) is 6.01. The molecule has 0 bridgehead atoms. The molecule has 1 aromatic carbocycles. The molecule has 0 fully saturated rings. The predicted octanol–water partition coefficient (Wildman–Crippen LogP) is 3.47. The van der Waals surface area contributed by atoms with Crippen LogP contribution in [0.4, 0.5) is 4.39 Å². The van der Waals surface area contributed by atoms with E-state index < -0.39 is 6.10 Å². The Bertz CT molecular complexity index is 465. The Morgan fingerprint density at radius 3 is 2.88 bits per heavy atom. The molecule has 16 heavy (non-hydrogen) atoms. The fourth-order valence-corrected chi connectivity index (χ4v) is 2.44. The molecule has 1 atom stereocenters. The first-order valence-electron chi connectivity index (χ1n) is 5.13. The highest BCUT2D eigenvalue weighted by molar-refractivity contribution is 7.09. The molecule has 1 N–H and O–H groups in total. The second kappa shape index (κ2) is 4.76. The fraction of sp³-hybridized carbons (Fsp3) is 0.231. The Balaban J connectivity index is 2.20. The number of rotatable bonds is 3. The van der Waals surface area contributed by atoms with Crippen molar-refractivity contribution in [2.45, 2.75) is 19.4 Å². The summed E-state index contributed by atoms with van der Waals surface area (Å²) in [6.45, 7) is 1.88. The van der Waals surface area contributed by atoms with Gasteiger partial charge in [-0.1, -0.05) is 12.1 Å². The largest absolute Gasteiger partial charge is 0.388 e. The lowest BCUT2D eigenvalue weighted by molar-refractivity contribution is 0.178. The van der Waals surface area contributed by atoms with Gasteiger partial charge < -0.3 is 5.11 Å². The van der Waals surface area contributed by atoms with E-state index in [9.17, 15) is 9.50 Å². The van der Waals surface area contributed by atoms with E-state index in [0.29, 0.717) is 12.0 Å². The second-order valence-corrected chi connectivity index (χ2v) is 4.83. The molecule has 0 amide bonds. The Hall–Kier alpha value is -1.19. The zero-order chi connectivity index (χ0) is 11.5. The lowest BCUT2D eigenvalue weighted by Crippen LogP contribution is -2.03. The minimum absolute atomic E-state index is 0.300. The summed E-state index contributed by atoms with van der Waals surface area (Å²) in [5, 5.41) is 12.0. The van der Waals surface area contributed by atoms with Crippen molar-refractivity contribution in [3.8, 4) is 0 Å². The van der Waals surface area contributed by atoms with Crippen LogP contribution in [-0.4, -0.2) is 5.11 Å². The van der Waals surface area contributed by atoms with Crippen LogP contribution in [0.15, 0.2) is 35.7 Å². The minimum Gasteiger partial charge on any atom is -0.388 e. The van der Waals surface area contributed by atoms with Gasteiger partial charge in [-0.05, 0) is 41.6 Å². The topological polar surface area (TPSA) is 20.2 Å².